The molecule has 5 nitrogen and oxygen atoms in total. The molecule has 1 amide bonds. The number of methoxy groups -OCH3 is 1. The Bertz CT molecular complexity index is 554. The number of anilines is 1. The van der Waals surface area contributed by atoms with Crippen molar-refractivity contribution in [1.82, 2.24) is 5.32 Å². The largest absolute Gasteiger partial charge is 0.465 e. The molecule has 0 radical (unpaired) electrons. The highest BCUT2D eigenvalue weighted by atomic mass is 35.5. The van der Waals surface area contributed by atoms with Crippen LogP contribution in [0, 0.1) is 6.92 Å². The summed E-state index contributed by atoms with van der Waals surface area (Å²) in [6, 6.07) is 5.15. The molecule has 0 bridgehead atoms. The van der Waals surface area contributed by atoms with Crippen molar-refractivity contribution in [2.45, 2.75) is 38.6 Å². The Kier molecular flexibility index (Phi) is 6.38. The summed E-state index contributed by atoms with van der Waals surface area (Å²) in [6.45, 7) is 4.67. The van der Waals surface area contributed by atoms with Gasteiger partial charge < -0.3 is 15.4 Å². The van der Waals surface area contributed by atoms with Crippen LogP contribution in [-0.4, -0.2) is 31.1 Å². The van der Waals surface area contributed by atoms with Gasteiger partial charge >= 0.3 is 5.97 Å². The fourth-order valence-electron chi connectivity index (χ4n) is 2.51. The number of carbonyl (C=O) groups excluding carboxylic acids is 2. The van der Waals surface area contributed by atoms with Gasteiger partial charge in [0.05, 0.1) is 18.2 Å². The lowest BCUT2D eigenvalue weighted by Gasteiger charge is -2.33. The number of amides is 1. The summed E-state index contributed by atoms with van der Waals surface area (Å²) in [6.07, 6.45) is 2.95. The third-order valence-electron chi connectivity index (χ3n) is 4.03. The van der Waals surface area contributed by atoms with Crippen LogP contribution in [0.15, 0.2) is 18.2 Å². The van der Waals surface area contributed by atoms with Gasteiger partial charge in [0, 0.05) is 5.69 Å². The maximum absolute atomic E-state index is 12.5. The fourth-order valence-corrected chi connectivity index (χ4v) is 2.51. The van der Waals surface area contributed by atoms with Crippen LogP contribution < -0.4 is 10.6 Å². The van der Waals surface area contributed by atoms with Crippen LogP contribution in [0.2, 0.25) is 0 Å². The molecule has 0 saturated carbocycles. The van der Waals surface area contributed by atoms with Gasteiger partial charge in [-0.05, 0) is 57.4 Å². The van der Waals surface area contributed by atoms with Gasteiger partial charge in [-0.1, -0.05) is 6.07 Å². The number of rotatable bonds is 3. The molecule has 1 saturated heterocycles. The SMILES string of the molecule is COC(=O)c1ccc(C)c(NC(=O)C2(C)CCCCN2)c1.Cl. The first kappa shape index (κ1) is 18.5. The highest BCUT2D eigenvalue weighted by molar-refractivity contribution is 6.00. The highest BCUT2D eigenvalue weighted by Gasteiger charge is 2.34. The summed E-state index contributed by atoms with van der Waals surface area (Å²) < 4.78 is 4.71. The van der Waals surface area contributed by atoms with Crippen LogP contribution in [0.1, 0.15) is 42.1 Å². The number of hydrogen-bond acceptors (Lipinski definition) is 4. The molecule has 1 aliphatic rings. The molecule has 1 aliphatic heterocycles. The molecule has 1 heterocycles. The fraction of sp³-hybridized carbons (Fsp3) is 0.500. The molecule has 0 aromatic heterocycles. The predicted octanol–water partition coefficient (Wildman–Crippen LogP) is 2.67. The minimum Gasteiger partial charge on any atom is -0.465 e. The number of piperidine rings is 1. The Balaban J connectivity index is 0.00000242. The van der Waals surface area contributed by atoms with Gasteiger partial charge in [0.25, 0.3) is 0 Å². The zero-order valence-corrected chi connectivity index (χ0v) is 14.0. The Morgan fingerprint density at radius 2 is 2.05 bits per heavy atom. The highest BCUT2D eigenvalue weighted by Crippen LogP contribution is 2.23. The van der Waals surface area contributed by atoms with Gasteiger partial charge in [-0.3, -0.25) is 4.79 Å². The quantitative estimate of drug-likeness (QED) is 0.838. The molecular formula is C16H23ClN2O3. The predicted molar refractivity (Wildman–Crippen MR) is 88.7 cm³/mol. The van der Waals surface area contributed by atoms with E-state index >= 15 is 0 Å². The average molecular weight is 327 g/mol. The summed E-state index contributed by atoms with van der Waals surface area (Å²) in [4.78, 5) is 24.1. The molecule has 0 aliphatic carbocycles. The third-order valence-corrected chi connectivity index (χ3v) is 4.03. The van der Waals surface area contributed by atoms with Crippen molar-refractivity contribution in [3.05, 3.63) is 29.3 Å². The molecule has 1 fully saturated rings. The summed E-state index contributed by atoms with van der Waals surface area (Å²) in [7, 11) is 1.34. The minimum absolute atomic E-state index is 0. The maximum Gasteiger partial charge on any atom is 0.337 e. The van der Waals surface area contributed by atoms with Gasteiger partial charge in [0.15, 0.2) is 0 Å². The van der Waals surface area contributed by atoms with Crippen molar-refractivity contribution in [3.8, 4) is 0 Å². The lowest BCUT2D eigenvalue weighted by atomic mass is 9.90. The van der Waals surface area contributed by atoms with E-state index in [1.165, 1.54) is 7.11 Å². The molecule has 2 N–H and O–H groups in total. The summed E-state index contributed by atoms with van der Waals surface area (Å²) >= 11 is 0. The minimum atomic E-state index is -0.550. The Labute approximate surface area is 137 Å². The molecule has 1 atom stereocenters. The number of nitrogens with one attached hydrogen (secondary N) is 2. The van der Waals surface area contributed by atoms with E-state index in [0.29, 0.717) is 11.3 Å². The summed E-state index contributed by atoms with van der Waals surface area (Å²) in [5, 5.41) is 6.21. The molecule has 22 heavy (non-hydrogen) atoms. The second kappa shape index (κ2) is 7.61. The second-order valence-corrected chi connectivity index (χ2v) is 5.69. The normalized spacial score (nSPS) is 20.7. The van der Waals surface area contributed by atoms with Crippen molar-refractivity contribution in [1.29, 1.82) is 0 Å². The van der Waals surface area contributed by atoms with Gasteiger partial charge in [-0.25, -0.2) is 4.79 Å². The van der Waals surface area contributed by atoms with E-state index < -0.39 is 11.5 Å². The van der Waals surface area contributed by atoms with Crippen LogP contribution in [-0.2, 0) is 9.53 Å². The number of aryl methyl sites for hydroxylation is 1. The number of ether oxygens (including phenoxy) is 1. The van der Waals surface area contributed by atoms with Crippen LogP contribution in [0.5, 0.6) is 0 Å². The first-order valence-electron chi connectivity index (χ1n) is 7.22. The molecule has 2 rings (SSSR count). The van der Waals surface area contributed by atoms with Crippen LogP contribution in [0.25, 0.3) is 0 Å². The topological polar surface area (TPSA) is 67.4 Å². The first-order chi connectivity index (χ1) is 9.96. The zero-order valence-electron chi connectivity index (χ0n) is 13.2. The van der Waals surface area contributed by atoms with E-state index in [4.69, 9.17) is 4.74 Å². The standard InChI is InChI=1S/C16H22N2O3.ClH/c1-11-6-7-12(14(19)21-3)10-13(11)18-15(20)16(2)8-4-5-9-17-16;/h6-7,10,17H,4-5,8-9H2,1-3H3,(H,18,20);1H. The van der Waals surface area contributed by atoms with Crippen molar-refractivity contribution >= 4 is 30.0 Å². The third kappa shape index (κ3) is 3.99. The summed E-state index contributed by atoms with van der Waals surface area (Å²) in [5.74, 6) is -0.472. The molecule has 6 heteroatoms. The first-order valence-corrected chi connectivity index (χ1v) is 7.22. The Hall–Kier alpha value is -1.59. The smallest absolute Gasteiger partial charge is 0.337 e. The van der Waals surface area contributed by atoms with Crippen molar-refractivity contribution < 1.29 is 14.3 Å². The second-order valence-electron chi connectivity index (χ2n) is 5.69. The Morgan fingerprint density at radius 1 is 1.32 bits per heavy atom. The van der Waals surface area contributed by atoms with Gasteiger partial charge in [0.1, 0.15) is 0 Å². The summed E-state index contributed by atoms with van der Waals surface area (Å²) in [5.41, 5.74) is 1.44. The average Bonchev–Trinajstić information content (AvgIpc) is 2.49. The van der Waals surface area contributed by atoms with E-state index in [1.807, 2.05) is 13.8 Å². The van der Waals surface area contributed by atoms with Crippen LogP contribution >= 0.6 is 12.4 Å². The van der Waals surface area contributed by atoms with Crippen molar-refractivity contribution in [3.63, 3.8) is 0 Å². The zero-order chi connectivity index (χ0) is 15.5. The lowest BCUT2D eigenvalue weighted by Crippen LogP contribution is -2.54. The molecule has 0 spiro atoms. The van der Waals surface area contributed by atoms with Crippen molar-refractivity contribution in [2.75, 3.05) is 19.0 Å². The van der Waals surface area contributed by atoms with E-state index in [1.54, 1.807) is 18.2 Å². The lowest BCUT2D eigenvalue weighted by molar-refractivity contribution is -0.122. The molecule has 1 unspecified atom stereocenters. The number of benzene rings is 1. The van der Waals surface area contributed by atoms with Crippen LogP contribution in [0.3, 0.4) is 0 Å². The van der Waals surface area contributed by atoms with E-state index in [9.17, 15) is 9.59 Å². The van der Waals surface area contributed by atoms with Gasteiger partial charge in [-0.15, -0.1) is 12.4 Å². The number of carbonyl (C=O) groups is 2. The molecule has 1 aromatic carbocycles. The van der Waals surface area contributed by atoms with E-state index in [0.717, 1.165) is 31.4 Å². The number of esters is 1. The van der Waals surface area contributed by atoms with E-state index in [2.05, 4.69) is 10.6 Å². The maximum atomic E-state index is 12.5. The Morgan fingerprint density at radius 3 is 2.64 bits per heavy atom. The van der Waals surface area contributed by atoms with Crippen molar-refractivity contribution in [2.24, 2.45) is 0 Å². The number of hydrogen-bond donors (Lipinski definition) is 2. The van der Waals surface area contributed by atoms with Crippen LogP contribution in [0.4, 0.5) is 5.69 Å². The number of halogens is 1. The molecular weight excluding hydrogens is 304 g/mol. The molecule has 1 aromatic rings. The van der Waals surface area contributed by atoms with E-state index in [-0.39, 0.29) is 18.3 Å². The van der Waals surface area contributed by atoms with Gasteiger partial charge in [-0.2, -0.15) is 0 Å². The van der Waals surface area contributed by atoms with Gasteiger partial charge in [0.2, 0.25) is 5.91 Å². The molecule has 122 valence electrons. The monoisotopic (exact) mass is 326 g/mol.